The quantitative estimate of drug-likeness (QED) is 0.925. The van der Waals surface area contributed by atoms with Crippen molar-refractivity contribution in [2.75, 3.05) is 12.9 Å². The topological polar surface area (TPSA) is 30.5 Å². The smallest absolute Gasteiger partial charge is 0.119 e. The van der Waals surface area contributed by atoms with Gasteiger partial charge in [0.15, 0.2) is 0 Å². The molecule has 0 amide bonds. The molecule has 0 spiro atoms. The molecule has 4 atom stereocenters. The predicted molar refractivity (Wildman–Crippen MR) is 85.1 cm³/mol. The van der Waals surface area contributed by atoms with Crippen LogP contribution in [0, 0.1) is 0 Å². The van der Waals surface area contributed by atoms with Crippen LogP contribution in [0.4, 0.5) is 0 Å². The van der Waals surface area contributed by atoms with Crippen LogP contribution in [-0.2, 0) is 4.74 Å². The van der Waals surface area contributed by atoms with E-state index >= 15 is 0 Å². The fraction of sp³-hybridized carbons (Fsp3) is 0.647. The van der Waals surface area contributed by atoms with Gasteiger partial charge in [0.1, 0.15) is 5.75 Å². The monoisotopic (exact) mass is 305 g/mol. The van der Waals surface area contributed by atoms with Gasteiger partial charge in [-0.15, -0.1) is 11.8 Å². The molecule has 1 aromatic rings. The van der Waals surface area contributed by atoms with E-state index in [4.69, 9.17) is 9.47 Å². The van der Waals surface area contributed by atoms with Gasteiger partial charge in [0.25, 0.3) is 0 Å². The maximum absolute atomic E-state index is 6.00. The van der Waals surface area contributed by atoms with E-state index in [9.17, 15) is 0 Å². The molecule has 0 aliphatic carbocycles. The highest BCUT2D eigenvalue weighted by Crippen LogP contribution is 2.40. The minimum Gasteiger partial charge on any atom is -0.497 e. The van der Waals surface area contributed by atoms with Gasteiger partial charge < -0.3 is 14.8 Å². The number of thioether (sulfide) groups is 1. The summed E-state index contributed by atoms with van der Waals surface area (Å²) >= 11 is 1.98. The summed E-state index contributed by atoms with van der Waals surface area (Å²) in [5.41, 5.74) is 1.42. The Hall–Kier alpha value is -0.710. The predicted octanol–water partition coefficient (Wildman–Crippen LogP) is 3.53. The third kappa shape index (κ3) is 2.69. The van der Waals surface area contributed by atoms with Crippen LogP contribution in [0.15, 0.2) is 23.1 Å². The van der Waals surface area contributed by atoms with E-state index in [-0.39, 0.29) is 0 Å². The zero-order valence-electron chi connectivity index (χ0n) is 12.5. The molecular weight excluding hydrogens is 282 g/mol. The van der Waals surface area contributed by atoms with Gasteiger partial charge in [-0.05, 0) is 61.6 Å². The fourth-order valence-corrected chi connectivity index (χ4v) is 4.99. The summed E-state index contributed by atoms with van der Waals surface area (Å²) in [6.45, 7) is 0. The van der Waals surface area contributed by atoms with Crippen molar-refractivity contribution in [2.45, 2.75) is 61.3 Å². The van der Waals surface area contributed by atoms with E-state index in [1.165, 1.54) is 48.3 Å². The molecule has 3 heterocycles. The number of fused-ring (bicyclic) bond motifs is 3. The molecule has 3 aliphatic heterocycles. The molecular formula is C17H23NO2S. The lowest BCUT2D eigenvalue weighted by molar-refractivity contribution is 0.0957. The third-order valence-electron chi connectivity index (χ3n) is 5.01. The van der Waals surface area contributed by atoms with Crippen molar-refractivity contribution in [1.29, 1.82) is 0 Å². The molecule has 0 unspecified atom stereocenters. The van der Waals surface area contributed by atoms with E-state index in [0.29, 0.717) is 24.3 Å². The number of rotatable bonds is 3. The summed E-state index contributed by atoms with van der Waals surface area (Å²) in [6, 6.07) is 7.50. The number of benzene rings is 1. The SMILES string of the molecule is COc1ccc2c(c1)[C@@H](N[C@H]1C[C@H]3CC[C@H]1O3)CCCS2. The minimum atomic E-state index is 0.443. The number of methoxy groups -OCH3 is 1. The van der Waals surface area contributed by atoms with Crippen molar-refractivity contribution < 1.29 is 9.47 Å². The molecule has 21 heavy (non-hydrogen) atoms. The molecule has 3 nitrogen and oxygen atoms in total. The Kier molecular flexibility index (Phi) is 3.86. The Morgan fingerprint density at radius 2 is 2.24 bits per heavy atom. The second kappa shape index (κ2) is 5.82. The van der Waals surface area contributed by atoms with Crippen LogP contribution in [0.2, 0.25) is 0 Å². The average molecular weight is 305 g/mol. The molecule has 4 heteroatoms. The highest BCUT2D eigenvalue weighted by molar-refractivity contribution is 7.99. The standard InChI is InChI=1S/C17H23NO2S/c1-19-11-5-7-17-13(9-11)14(3-2-8-21-17)18-15-10-12-4-6-16(15)20-12/h5,7,9,12,14-16,18H,2-4,6,8,10H2,1H3/t12-,14+,15+,16-/m1/s1. The van der Waals surface area contributed by atoms with E-state index in [0.717, 1.165) is 5.75 Å². The first kappa shape index (κ1) is 13.9. The van der Waals surface area contributed by atoms with Crippen molar-refractivity contribution in [3.05, 3.63) is 23.8 Å². The lowest BCUT2D eigenvalue weighted by Gasteiger charge is -2.27. The Bertz CT molecular complexity index is 522. The Morgan fingerprint density at radius 3 is 3.00 bits per heavy atom. The van der Waals surface area contributed by atoms with Crippen molar-refractivity contribution in [2.24, 2.45) is 0 Å². The third-order valence-corrected chi connectivity index (χ3v) is 6.18. The van der Waals surface area contributed by atoms with E-state index in [1.54, 1.807) is 7.11 Å². The first-order valence-corrected chi connectivity index (χ1v) is 9.04. The maximum atomic E-state index is 6.00. The molecule has 0 aromatic heterocycles. The van der Waals surface area contributed by atoms with Crippen LogP contribution in [0.3, 0.4) is 0 Å². The zero-order valence-corrected chi connectivity index (χ0v) is 13.3. The molecule has 4 rings (SSSR count). The Balaban J connectivity index is 1.57. The lowest BCUT2D eigenvalue weighted by Crippen LogP contribution is -2.39. The molecule has 3 aliphatic rings. The second-order valence-electron chi connectivity index (χ2n) is 6.33. The Labute approximate surface area is 130 Å². The first-order valence-electron chi connectivity index (χ1n) is 8.06. The highest BCUT2D eigenvalue weighted by Gasteiger charge is 2.41. The lowest BCUT2D eigenvalue weighted by atomic mass is 9.93. The van der Waals surface area contributed by atoms with Gasteiger partial charge in [-0.3, -0.25) is 0 Å². The van der Waals surface area contributed by atoms with Gasteiger partial charge in [0.05, 0.1) is 19.3 Å². The molecule has 0 radical (unpaired) electrons. The van der Waals surface area contributed by atoms with E-state index in [1.807, 2.05) is 11.8 Å². The summed E-state index contributed by atoms with van der Waals surface area (Å²) in [6.07, 6.45) is 7.11. The van der Waals surface area contributed by atoms with Gasteiger partial charge in [0, 0.05) is 17.0 Å². The fourth-order valence-electron chi connectivity index (χ4n) is 3.93. The van der Waals surface area contributed by atoms with E-state index in [2.05, 4.69) is 23.5 Å². The molecule has 2 bridgehead atoms. The van der Waals surface area contributed by atoms with Gasteiger partial charge >= 0.3 is 0 Å². The van der Waals surface area contributed by atoms with Crippen molar-refractivity contribution in [1.82, 2.24) is 5.32 Å². The molecule has 2 fully saturated rings. The van der Waals surface area contributed by atoms with Crippen LogP contribution in [-0.4, -0.2) is 31.1 Å². The molecule has 0 saturated carbocycles. The summed E-state index contributed by atoms with van der Waals surface area (Å²) in [5, 5.41) is 3.90. The molecule has 114 valence electrons. The number of nitrogens with one attached hydrogen (secondary N) is 1. The Morgan fingerprint density at radius 1 is 1.29 bits per heavy atom. The minimum absolute atomic E-state index is 0.443. The summed E-state index contributed by atoms with van der Waals surface area (Å²) < 4.78 is 11.4. The average Bonchev–Trinajstić information content (AvgIpc) is 3.07. The van der Waals surface area contributed by atoms with Gasteiger partial charge in [-0.1, -0.05) is 0 Å². The highest BCUT2D eigenvalue weighted by atomic mass is 32.2. The largest absolute Gasteiger partial charge is 0.497 e. The summed E-state index contributed by atoms with van der Waals surface area (Å²) in [7, 11) is 1.75. The van der Waals surface area contributed by atoms with Crippen LogP contribution in [0.5, 0.6) is 5.75 Å². The van der Waals surface area contributed by atoms with Crippen molar-refractivity contribution in [3.63, 3.8) is 0 Å². The second-order valence-corrected chi connectivity index (χ2v) is 7.47. The normalized spacial score (nSPS) is 34.5. The van der Waals surface area contributed by atoms with Crippen LogP contribution in [0.1, 0.15) is 43.7 Å². The van der Waals surface area contributed by atoms with Gasteiger partial charge in [-0.2, -0.15) is 0 Å². The summed E-state index contributed by atoms with van der Waals surface area (Å²) in [4.78, 5) is 1.41. The molecule has 1 aromatic carbocycles. The molecule has 2 saturated heterocycles. The van der Waals surface area contributed by atoms with E-state index < -0.39 is 0 Å². The first-order chi connectivity index (χ1) is 10.3. The summed E-state index contributed by atoms with van der Waals surface area (Å²) in [5.74, 6) is 2.18. The number of hydrogen-bond donors (Lipinski definition) is 1. The van der Waals surface area contributed by atoms with Crippen molar-refractivity contribution in [3.8, 4) is 5.75 Å². The van der Waals surface area contributed by atoms with Gasteiger partial charge in [0.2, 0.25) is 0 Å². The van der Waals surface area contributed by atoms with Crippen LogP contribution in [0.25, 0.3) is 0 Å². The van der Waals surface area contributed by atoms with Crippen molar-refractivity contribution >= 4 is 11.8 Å². The number of hydrogen-bond acceptors (Lipinski definition) is 4. The molecule has 1 N–H and O–H groups in total. The van der Waals surface area contributed by atoms with Crippen LogP contribution < -0.4 is 10.1 Å². The number of ether oxygens (including phenoxy) is 2. The maximum Gasteiger partial charge on any atom is 0.119 e. The van der Waals surface area contributed by atoms with Crippen LogP contribution >= 0.6 is 11.8 Å². The zero-order chi connectivity index (χ0) is 14.2. The van der Waals surface area contributed by atoms with Gasteiger partial charge in [-0.25, -0.2) is 0 Å².